The molecular weight excluding hydrogens is 350 g/mol. The van der Waals surface area contributed by atoms with Gasteiger partial charge >= 0.3 is 0 Å². The van der Waals surface area contributed by atoms with Crippen LogP contribution in [0, 0.1) is 0 Å². The predicted octanol–water partition coefficient (Wildman–Crippen LogP) is 3.90. The Morgan fingerprint density at radius 2 is 1.81 bits per heavy atom. The molecule has 1 aromatic heterocycles. The molecule has 0 aliphatic rings. The minimum Gasteiger partial charge on any atom is -0.355 e. The Kier molecular flexibility index (Phi) is 5.29. The van der Waals surface area contributed by atoms with E-state index < -0.39 is 0 Å². The molecule has 0 aliphatic carbocycles. The summed E-state index contributed by atoms with van der Waals surface area (Å²) < 4.78 is 0. The lowest BCUT2D eigenvalue weighted by Gasteiger charge is -2.04. The molecule has 2 aromatic carbocycles. The number of nitrogens with zero attached hydrogens (tertiary/aromatic N) is 1. The van der Waals surface area contributed by atoms with Gasteiger partial charge in [-0.2, -0.15) is 0 Å². The number of halogens is 1. The van der Waals surface area contributed by atoms with Crippen molar-refractivity contribution in [1.82, 2.24) is 10.3 Å². The highest BCUT2D eigenvalue weighted by atomic mass is 35.5. The average molecular weight is 366 g/mol. The summed E-state index contributed by atoms with van der Waals surface area (Å²) >= 11 is 6.13. The predicted molar refractivity (Wildman–Crippen MR) is 104 cm³/mol. The summed E-state index contributed by atoms with van der Waals surface area (Å²) in [6.07, 6.45) is 3.07. The van der Waals surface area contributed by atoms with Gasteiger partial charge in [0.25, 0.3) is 5.91 Å². The zero-order chi connectivity index (χ0) is 18.5. The van der Waals surface area contributed by atoms with Gasteiger partial charge in [0.05, 0.1) is 10.5 Å². The highest BCUT2D eigenvalue weighted by molar-refractivity contribution is 6.35. The SMILES string of the molecule is CNC(=O)c1ccc(C=CC(=O)Nc2ccc3cccc(Cl)c3n2)cc1. The maximum atomic E-state index is 12.1. The van der Waals surface area contributed by atoms with Crippen LogP contribution < -0.4 is 10.6 Å². The number of benzene rings is 2. The molecule has 0 fully saturated rings. The lowest BCUT2D eigenvalue weighted by molar-refractivity contribution is -0.111. The third-order valence-corrected chi connectivity index (χ3v) is 4.05. The Morgan fingerprint density at radius 1 is 1.04 bits per heavy atom. The van der Waals surface area contributed by atoms with Crippen LogP contribution in [0.15, 0.2) is 60.7 Å². The van der Waals surface area contributed by atoms with E-state index >= 15 is 0 Å². The van der Waals surface area contributed by atoms with Crippen LogP contribution in [0.25, 0.3) is 17.0 Å². The third kappa shape index (κ3) is 4.07. The molecule has 3 aromatic rings. The van der Waals surface area contributed by atoms with E-state index in [9.17, 15) is 9.59 Å². The second-order valence-electron chi connectivity index (χ2n) is 5.53. The van der Waals surface area contributed by atoms with E-state index in [2.05, 4.69) is 15.6 Å². The van der Waals surface area contributed by atoms with Crippen molar-refractivity contribution in [3.8, 4) is 0 Å². The van der Waals surface area contributed by atoms with Crippen molar-refractivity contribution in [2.24, 2.45) is 0 Å². The molecule has 3 rings (SSSR count). The van der Waals surface area contributed by atoms with Gasteiger partial charge in [-0.25, -0.2) is 4.98 Å². The van der Waals surface area contributed by atoms with Crippen molar-refractivity contribution < 1.29 is 9.59 Å². The van der Waals surface area contributed by atoms with Crippen LogP contribution in [-0.4, -0.2) is 23.8 Å². The van der Waals surface area contributed by atoms with Crippen molar-refractivity contribution >= 4 is 46.2 Å². The van der Waals surface area contributed by atoms with E-state index in [1.165, 1.54) is 6.08 Å². The Balaban J connectivity index is 1.69. The Bertz CT molecular complexity index is 998. The summed E-state index contributed by atoms with van der Waals surface area (Å²) in [6, 6.07) is 16.0. The van der Waals surface area contributed by atoms with Gasteiger partial charge in [-0.1, -0.05) is 35.9 Å². The van der Waals surface area contributed by atoms with Crippen LogP contribution in [0.2, 0.25) is 5.02 Å². The van der Waals surface area contributed by atoms with Crippen molar-refractivity contribution in [3.63, 3.8) is 0 Å². The van der Waals surface area contributed by atoms with E-state index in [4.69, 9.17) is 11.6 Å². The van der Waals surface area contributed by atoms with Gasteiger partial charge in [0.1, 0.15) is 5.82 Å². The molecule has 2 amide bonds. The van der Waals surface area contributed by atoms with Gasteiger partial charge in [-0.3, -0.25) is 9.59 Å². The van der Waals surface area contributed by atoms with E-state index in [0.717, 1.165) is 10.9 Å². The summed E-state index contributed by atoms with van der Waals surface area (Å²) in [6.45, 7) is 0. The smallest absolute Gasteiger partial charge is 0.251 e. The van der Waals surface area contributed by atoms with Gasteiger partial charge in [0.2, 0.25) is 5.91 Å². The van der Waals surface area contributed by atoms with E-state index in [1.807, 2.05) is 18.2 Å². The number of anilines is 1. The second-order valence-corrected chi connectivity index (χ2v) is 5.94. The molecule has 6 heteroatoms. The summed E-state index contributed by atoms with van der Waals surface area (Å²) in [5, 5.41) is 6.71. The zero-order valence-electron chi connectivity index (χ0n) is 14.0. The number of rotatable bonds is 4. The first kappa shape index (κ1) is 17.6. The van der Waals surface area contributed by atoms with Crippen LogP contribution >= 0.6 is 11.6 Å². The number of amides is 2. The standard InChI is InChI=1S/C20H16ClN3O2/c1-22-20(26)15-8-5-13(6-9-15)7-12-18(25)23-17-11-10-14-3-2-4-16(21)19(14)24-17/h2-12H,1H3,(H,22,26)(H,23,24,25). The quantitative estimate of drug-likeness (QED) is 0.689. The third-order valence-electron chi connectivity index (χ3n) is 3.75. The fourth-order valence-electron chi connectivity index (χ4n) is 2.41. The molecule has 1 heterocycles. The fraction of sp³-hybridized carbons (Fsp3) is 0.0500. The molecule has 2 N–H and O–H groups in total. The maximum Gasteiger partial charge on any atom is 0.251 e. The molecule has 0 saturated heterocycles. The lowest BCUT2D eigenvalue weighted by atomic mass is 10.1. The largest absolute Gasteiger partial charge is 0.355 e. The highest BCUT2D eigenvalue weighted by Crippen LogP contribution is 2.22. The second kappa shape index (κ2) is 7.80. The van der Waals surface area contributed by atoms with Crippen molar-refractivity contribution in [2.75, 3.05) is 12.4 Å². The van der Waals surface area contributed by atoms with Crippen LogP contribution in [0.1, 0.15) is 15.9 Å². The van der Waals surface area contributed by atoms with Gasteiger partial charge in [-0.05, 0) is 42.0 Å². The maximum absolute atomic E-state index is 12.1. The molecule has 0 atom stereocenters. The topological polar surface area (TPSA) is 71.1 Å². The number of hydrogen-bond acceptors (Lipinski definition) is 3. The summed E-state index contributed by atoms with van der Waals surface area (Å²) in [4.78, 5) is 28.0. The number of para-hydroxylation sites is 1. The Hall–Kier alpha value is -3.18. The van der Waals surface area contributed by atoms with Crippen LogP contribution in [-0.2, 0) is 4.79 Å². The minimum atomic E-state index is -0.306. The van der Waals surface area contributed by atoms with Crippen LogP contribution in [0.5, 0.6) is 0 Å². The van der Waals surface area contributed by atoms with Crippen molar-refractivity contribution in [2.45, 2.75) is 0 Å². The molecule has 0 aliphatic heterocycles. The lowest BCUT2D eigenvalue weighted by Crippen LogP contribution is -2.17. The van der Waals surface area contributed by atoms with Crippen LogP contribution in [0.3, 0.4) is 0 Å². The first-order chi connectivity index (χ1) is 12.6. The van der Waals surface area contributed by atoms with E-state index in [1.54, 1.807) is 49.5 Å². The number of pyridine rings is 1. The van der Waals surface area contributed by atoms with Crippen LogP contribution in [0.4, 0.5) is 5.82 Å². The molecule has 0 radical (unpaired) electrons. The van der Waals surface area contributed by atoms with Gasteiger partial charge in [0.15, 0.2) is 0 Å². The monoisotopic (exact) mass is 365 g/mol. The van der Waals surface area contributed by atoms with Gasteiger partial charge < -0.3 is 10.6 Å². The zero-order valence-corrected chi connectivity index (χ0v) is 14.7. The van der Waals surface area contributed by atoms with Crippen molar-refractivity contribution in [3.05, 3.63) is 76.8 Å². The molecule has 26 heavy (non-hydrogen) atoms. The number of carbonyl (C=O) groups is 2. The Morgan fingerprint density at radius 3 is 2.54 bits per heavy atom. The molecular formula is C20H16ClN3O2. The number of carbonyl (C=O) groups excluding carboxylic acids is 2. The van der Waals surface area contributed by atoms with E-state index in [-0.39, 0.29) is 11.8 Å². The van der Waals surface area contributed by atoms with Gasteiger partial charge in [0, 0.05) is 24.1 Å². The number of nitrogens with one attached hydrogen (secondary N) is 2. The van der Waals surface area contributed by atoms with Gasteiger partial charge in [-0.15, -0.1) is 0 Å². The van der Waals surface area contributed by atoms with Crippen molar-refractivity contribution in [1.29, 1.82) is 0 Å². The highest BCUT2D eigenvalue weighted by Gasteiger charge is 2.05. The molecule has 5 nitrogen and oxygen atoms in total. The molecule has 0 unspecified atom stereocenters. The number of aromatic nitrogens is 1. The summed E-state index contributed by atoms with van der Waals surface area (Å²) in [7, 11) is 1.58. The molecule has 130 valence electrons. The fourth-order valence-corrected chi connectivity index (χ4v) is 2.63. The summed E-state index contributed by atoms with van der Waals surface area (Å²) in [5.74, 6) is -0.0335. The average Bonchev–Trinajstić information content (AvgIpc) is 2.67. The normalized spacial score (nSPS) is 10.8. The molecule has 0 saturated carbocycles. The Labute approximate surface area is 155 Å². The first-order valence-electron chi connectivity index (χ1n) is 7.93. The number of hydrogen-bond donors (Lipinski definition) is 2. The first-order valence-corrected chi connectivity index (χ1v) is 8.31. The minimum absolute atomic E-state index is 0.153. The summed E-state index contributed by atoms with van der Waals surface area (Å²) in [5.41, 5.74) is 2.01. The number of fused-ring (bicyclic) bond motifs is 1. The molecule has 0 spiro atoms. The van der Waals surface area contributed by atoms with E-state index in [0.29, 0.717) is 21.9 Å². The molecule has 0 bridgehead atoms.